The highest BCUT2D eigenvalue weighted by Gasteiger charge is 2.42. The molecule has 1 aliphatic rings. The van der Waals surface area contributed by atoms with Crippen molar-refractivity contribution in [2.75, 3.05) is 5.75 Å². The summed E-state index contributed by atoms with van der Waals surface area (Å²) in [5.41, 5.74) is 5.26. The van der Waals surface area contributed by atoms with Crippen LogP contribution in [0.5, 0.6) is 0 Å². The van der Waals surface area contributed by atoms with Crippen molar-refractivity contribution in [1.29, 1.82) is 0 Å². The Morgan fingerprint density at radius 1 is 1.24 bits per heavy atom. The van der Waals surface area contributed by atoms with E-state index in [0.29, 0.717) is 5.02 Å². The van der Waals surface area contributed by atoms with Crippen LogP contribution < -0.4 is 5.73 Å². The van der Waals surface area contributed by atoms with Gasteiger partial charge in [-0.25, -0.2) is 8.42 Å². The van der Waals surface area contributed by atoms with Crippen LogP contribution in [0.2, 0.25) is 10.0 Å². The SMILES string of the molecule is Cl.NC1(CS(=O)(=O)c2ccc(Cl)c(Cl)c2)CC1. The molecule has 0 aliphatic heterocycles. The molecule has 0 bridgehead atoms. The molecule has 0 unspecified atom stereocenters. The summed E-state index contributed by atoms with van der Waals surface area (Å²) < 4.78 is 23.9. The lowest BCUT2D eigenvalue weighted by Crippen LogP contribution is -2.31. The average Bonchev–Trinajstić information content (AvgIpc) is 2.86. The predicted octanol–water partition coefficient (Wildman–Crippen LogP) is 2.68. The van der Waals surface area contributed by atoms with Crippen molar-refractivity contribution in [2.45, 2.75) is 23.3 Å². The van der Waals surface area contributed by atoms with E-state index in [0.717, 1.165) is 12.8 Å². The summed E-state index contributed by atoms with van der Waals surface area (Å²) in [7, 11) is -3.36. The topological polar surface area (TPSA) is 60.2 Å². The molecule has 1 aromatic rings. The minimum atomic E-state index is -3.36. The lowest BCUT2D eigenvalue weighted by atomic mass is 10.3. The van der Waals surface area contributed by atoms with Gasteiger partial charge in [-0.15, -0.1) is 12.4 Å². The third-order valence-corrected chi connectivity index (χ3v) is 5.29. The molecule has 0 spiro atoms. The molecule has 1 aromatic carbocycles. The van der Waals surface area contributed by atoms with Crippen molar-refractivity contribution in [3.63, 3.8) is 0 Å². The van der Waals surface area contributed by atoms with Gasteiger partial charge in [-0.2, -0.15) is 0 Å². The van der Waals surface area contributed by atoms with E-state index in [4.69, 9.17) is 28.9 Å². The van der Waals surface area contributed by atoms with Gasteiger partial charge in [-0.1, -0.05) is 23.2 Å². The third-order valence-electron chi connectivity index (χ3n) is 2.62. The maximum atomic E-state index is 12.0. The minimum Gasteiger partial charge on any atom is -0.324 e. The van der Waals surface area contributed by atoms with Crippen molar-refractivity contribution >= 4 is 45.4 Å². The van der Waals surface area contributed by atoms with Crippen molar-refractivity contribution < 1.29 is 8.42 Å². The molecule has 0 saturated heterocycles. The first-order valence-corrected chi connectivity index (χ1v) is 7.20. The molecule has 96 valence electrons. The molecule has 1 saturated carbocycles. The van der Waals surface area contributed by atoms with Gasteiger partial charge in [0.05, 0.1) is 20.7 Å². The summed E-state index contributed by atoms with van der Waals surface area (Å²) in [5, 5.41) is 0.583. The summed E-state index contributed by atoms with van der Waals surface area (Å²) in [6, 6.07) is 4.30. The molecular formula is C10H12Cl3NO2S. The molecule has 7 heteroatoms. The summed E-state index contributed by atoms with van der Waals surface area (Å²) in [6.07, 6.45) is 1.51. The number of hydrogen-bond acceptors (Lipinski definition) is 3. The largest absolute Gasteiger partial charge is 0.324 e. The van der Waals surface area contributed by atoms with Crippen LogP contribution in [-0.4, -0.2) is 19.7 Å². The fourth-order valence-corrected chi connectivity index (χ4v) is 3.58. The van der Waals surface area contributed by atoms with Gasteiger partial charge in [0.1, 0.15) is 0 Å². The van der Waals surface area contributed by atoms with E-state index in [-0.39, 0.29) is 28.1 Å². The Labute approximate surface area is 117 Å². The van der Waals surface area contributed by atoms with Crippen LogP contribution >= 0.6 is 35.6 Å². The number of hydrogen-bond donors (Lipinski definition) is 1. The van der Waals surface area contributed by atoms with Gasteiger partial charge < -0.3 is 5.73 Å². The van der Waals surface area contributed by atoms with E-state index >= 15 is 0 Å². The molecular weight excluding hydrogens is 305 g/mol. The van der Waals surface area contributed by atoms with E-state index in [1.54, 1.807) is 0 Å². The Balaban J connectivity index is 0.00000144. The number of halogens is 3. The average molecular weight is 317 g/mol. The zero-order valence-electron chi connectivity index (χ0n) is 8.82. The van der Waals surface area contributed by atoms with Crippen LogP contribution in [0.15, 0.2) is 23.1 Å². The predicted molar refractivity (Wildman–Crippen MR) is 71.9 cm³/mol. The molecule has 0 amide bonds. The second-order valence-corrected chi connectivity index (χ2v) is 7.00. The van der Waals surface area contributed by atoms with Crippen LogP contribution in [0.3, 0.4) is 0 Å². The molecule has 1 fully saturated rings. The van der Waals surface area contributed by atoms with E-state index in [9.17, 15) is 8.42 Å². The van der Waals surface area contributed by atoms with Crippen molar-refractivity contribution in [3.05, 3.63) is 28.2 Å². The molecule has 3 nitrogen and oxygen atoms in total. The number of sulfone groups is 1. The summed E-state index contributed by atoms with van der Waals surface area (Å²) in [4.78, 5) is 0.179. The molecule has 2 rings (SSSR count). The molecule has 0 heterocycles. The third kappa shape index (κ3) is 3.48. The lowest BCUT2D eigenvalue weighted by Gasteiger charge is -2.10. The van der Waals surface area contributed by atoms with E-state index in [1.165, 1.54) is 18.2 Å². The number of rotatable bonds is 3. The van der Waals surface area contributed by atoms with Gasteiger partial charge in [-0.05, 0) is 31.0 Å². The van der Waals surface area contributed by atoms with E-state index < -0.39 is 15.4 Å². The first-order chi connectivity index (χ1) is 7.32. The van der Waals surface area contributed by atoms with Gasteiger partial charge in [0.25, 0.3) is 0 Å². The maximum absolute atomic E-state index is 12.0. The van der Waals surface area contributed by atoms with Gasteiger partial charge in [0.15, 0.2) is 9.84 Å². The first kappa shape index (κ1) is 15.1. The van der Waals surface area contributed by atoms with Crippen LogP contribution in [0.4, 0.5) is 0 Å². The van der Waals surface area contributed by atoms with Crippen molar-refractivity contribution in [1.82, 2.24) is 0 Å². The Kier molecular flexibility index (Phi) is 4.37. The fraction of sp³-hybridized carbons (Fsp3) is 0.400. The molecule has 17 heavy (non-hydrogen) atoms. The minimum absolute atomic E-state index is 0. The number of nitrogens with two attached hydrogens (primary N) is 1. The summed E-state index contributed by atoms with van der Waals surface area (Å²) >= 11 is 11.5. The highest BCUT2D eigenvalue weighted by Crippen LogP contribution is 2.35. The fourth-order valence-electron chi connectivity index (χ4n) is 1.44. The molecule has 1 aliphatic carbocycles. The van der Waals surface area contributed by atoms with Crippen LogP contribution in [0, 0.1) is 0 Å². The van der Waals surface area contributed by atoms with Crippen LogP contribution in [0.1, 0.15) is 12.8 Å². The van der Waals surface area contributed by atoms with Gasteiger partial charge in [0, 0.05) is 5.54 Å². The Bertz CT molecular complexity index is 526. The molecule has 2 N–H and O–H groups in total. The normalized spacial score (nSPS) is 17.4. The van der Waals surface area contributed by atoms with E-state index in [1.807, 2.05) is 0 Å². The Hall–Kier alpha value is -0.000000000000000111. The van der Waals surface area contributed by atoms with Crippen LogP contribution in [-0.2, 0) is 9.84 Å². The van der Waals surface area contributed by atoms with Crippen LogP contribution in [0.25, 0.3) is 0 Å². The first-order valence-electron chi connectivity index (χ1n) is 4.79. The number of benzene rings is 1. The second-order valence-electron chi connectivity index (χ2n) is 4.20. The summed E-state index contributed by atoms with van der Waals surface area (Å²) in [6.45, 7) is 0. The maximum Gasteiger partial charge on any atom is 0.180 e. The zero-order chi connectivity index (χ0) is 12.0. The molecule has 0 radical (unpaired) electrons. The van der Waals surface area contributed by atoms with Crippen molar-refractivity contribution in [2.24, 2.45) is 5.73 Å². The quantitative estimate of drug-likeness (QED) is 0.932. The second kappa shape index (κ2) is 4.94. The molecule has 0 atom stereocenters. The molecule has 0 aromatic heterocycles. The Morgan fingerprint density at radius 2 is 1.82 bits per heavy atom. The van der Waals surface area contributed by atoms with E-state index in [2.05, 4.69) is 0 Å². The lowest BCUT2D eigenvalue weighted by molar-refractivity contribution is 0.585. The standard InChI is InChI=1S/C10H11Cl2NO2S.ClH/c11-8-2-1-7(5-9(8)12)16(14,15)6-10(13)3-4-10;/h1-2,5H,3-4,6,13H2;1H. The Morgan fingerprint density at radius 3 is 2.29 bits per heavy atom. The van der Waals surface area contributed by atoms with Gasteiger partial charge >= 0.3 is 0 Å². The van der Waals surface area contributed by atoms with Gasteiger partial charge in [-0.3, -0.25) is 0 Å². The summed E-state index contributed by atoms with van der Waals surface area (Å²) in [5.74, 6) is -0.0298. The van der Waals surface area contributed by atoms with Gasteiger partial charge in [0.2, 0.25) is 0 Å². The zero-order valence-corrected chi connectivity index (χ0v) is 12.0. The highest BCUT2D eigenvalue weighted by molar-refractivity contribution is 7.91. The smallest absolute Gasteiger partial charge is 0.180 e. The highest BCUT2D eigenvalue weighted by atomic mass is 35.5. The monoisotopic (exact) mass is 315 g/mol. The van der Waals surface area contributed by atoms with Crippen molar-refractivity contribution in [3.8, 4) is 0 Å².